The normalized spacial score (nSPS) is 15.1. The highest BCUT2D eigenvalue weighted by atomic mass is 19.1. The van der Waals surface area contributed by atoms with Gasteiger partial charge in [-0.05, 0) is 87.0 Å². The molecule has 3 aromatic rings. The number of carbonyl (C=O) groups excluding carboxylic acids is 2. The van der Waals surface area contributed by atoms with E-state index in [1.54, 1.807) is 11.1 Å². The zero-order chi connectivity index (χ0) is 24.2. The molecule has 1 aliphatic carbocycles. The molecule has 0 bridgehead atoms. The van der Waals surface area contributed by atoms with Crippen LogP contribution in [0.2, 0.25) is 0 Å². The van der Waals surface area contributed by atoms with Crippen molar-refractivity contribution in [3.8, 4) is 0 Å². The van der Waals surface area contributed by atoms with Gasteiger partial charge in [-0.1, -0.05) is 19.1 Å². The number of rotatable bonds is 10. The number of ketones is 1. The summed E-state index contributed by atoms with van der Waals surface area (Å²) >= 11 is 0. The van der Waals surface area contributed by atoms with Crippen molar-refractivity contribution in [1.29, 1.82) is 0 Å². The fraction of sp³-hybridized carbons (Fsp3) is 0.429. The molecule has 5 nitrogen and oxygen atoms in total. The molecule has 0 saturated carbocycles. The quantitative estimate of drug-likeness (QED) is 0.348. The maximum Gasteiger partial charge on any atom is 0.295 e. The summed E-state index contributed by atoms with van der Waals surface area (Å²) in [5.74, 6) is -1.09. The standard InChI is InChI=1S/C28H34FN3O2/c1-4-12-32(13-11-19-7-9-22(29)10-8-19)23-14-20-16-24-25(18-30-26(24)17-21(20)15-23)27(33)28(34)31(5-2)6-3/h7-10,16-18,23,30H,4-6,11-15H2,1-3H3. The van der Waals surface area contributed by atoms with Gasteiger partial charge in [0.1, 0.15) is 5.82 Å². The van der Waals surface area contributed by atoms with Gasteiger partial charge in [0.2, 0.25) is 0 Å². The number of likely N-dealkylation sites (N-methyl/N-ethyl adjacent to an activating group) is 1. The van der Waals surface area contributed by atoms with Crippen LogP contribution in [0.5, 0.6) is 0 Å². The average Bonchev–Trinajstić information content (AvgIpc) is 3.44. The van der Waals surface area contributed by atoms with E-state index in [4.69, 9.17) is 0 Å². The molecule has 1 atom stereocenters. The van der Waals surface area contributed by atoms with Crippen molar-refractivity contribution in [3.63, 3.8) is 0 Å². The Morgan fingerprint density at radius 1 is 1.00 bits per heavy atom. The number of H-pyrrole nitrogens is 1. The van der Waals surface area contributed by atoms with Crippen molar-refractivity contribution in [2.45, 2.75) is 52.5 Å². The molecule has 0 radical (unpaired) electrons. The first-order valence-corrected chi connectivity index (χ1v) is 12.4. The number of hydrogen-bond donors (Lipinski definition) is 1. The summed E-state index contributed by atoms with van der Waals surface area (Å²) < 4.78 is 13.2. The van der Waals surface area contributed by atoms with Crippen molar-refractivity contribution >= 4 is 22.6 Å². The van der Waals surface area contributed by atoms with Crippen LogP contribution in [0.25, 0.3) is 10.9 Å². The molecule has 1 N–H and O–H groups in total. The third-order valence-corrected chi connectivity index (χ3v) is 7.03. The van der Waals surface area contributed by atoms with Gasteiger partial charge in [-0.25, -0.2) is 4.39 Å². The van der Waals surface area contributed by atoms with Crippen molar-refractivity contribution in [2.75, 3.05) is 26.2 Å². The van der Waals surface area contributed by atoms with E-state index < -0.39 is 11.7 Å². The molecule has 4 rings (SSSR count). The van der Waals surface area contributed by atoms with Gasteiger partial charge in [-0.3, -0.25) is 14.5 Å². The second-order valence-corrected chi connectivity index (χ2v) is 9.15. The summed E-state index contributed by atoms with van der Waals surface area (Å²) in [7, 11) is 0. The highest BCUT2D eigenvalue weighted by Crippen LogP contribution is 2.31. The molecule has 1 unspecified atom stereocenters. The first kappa shape index (κ1) is 24.1. The SMILES string of the molecule is CCCN(CCc1ccc(F)cc1)C1Cc2cc3[nH]cc(C(=O)C(=O)N(CC)CC)c3cc2C1. The Labute approximate surface area is 200 Å². The Balaban J connectivity index is 1.51. The number of Topliss-reactive ketones (excluding diaryl/α,β-unsaturated/α-hetero) is 1. The highest BCUT2D eigenvalue weighted by Gasteiger charge is 2.29. The van der Waals surface area contributed by atoms with E-state index in [2.05, 4.69) is 28.9 Å². The number of fused-ring (bicyclic) bond motifs is 2. The lowest BCUT2D eigenvalue weighted by Gasteiger charge is -2.28. The largest absolute Gasteiger partial charge is 0.360 e. The fourth-order valence-corrected chi connectivity index (χ4v) is 5.12. The second-order valence-electron chi connectivity index (χ2n) is 9.15. The maximum atomic E-state index is 13.2. The average molecular weight is 464 g/mol. The van der Waals surface area contributed by atoms with E-state index in [1.807, 2.05) is 26.0 Å². The molecule has 0 aliphatic heterocycles. The number of aromatic nitrogens is 1. The number of amides is 1. The van der Waals surface area contributed by atoms with E-state index in [-0.39, 0.29) is 5.82 Å². The van der Waals surface area contributed by atoms with E-state index in [0.29, 0.717) is 24.7 Å². The van der Waals surface area contributed by atoms with Gasteiger partial charge < -0.3 is 9.88 Å². The number of carbonyl (C=O) groups is 2. The number of hydrogen-bond acceptors (Lipinski definition) is 3. The second kappa shape index (κ2) is 10.5. The lowest BCUT2D eigenvalue weighted by Crippen LogP contribution is -2.38. The van der Waals surface area contributed by atoms with Gasteiger partial charge in [-0.2, -0.15) is 0 Å². The minimum absolute atomic E-state index is 0.201. The van der Waals surface area contributed by atoms with Crippen molar-refractivity contribution < 1.29 is 14.0 Å². The Morgan fingerprint density at radius 3 is 2.32 bits per heavy atom. The van der Waals surface area contributed by atoms with Crippen LogP contribution in [-0.2, 0) is 24.1 Å². The van der Waals surface area contributed by atoms with Crippen LogP contribution in [0, 0.1) is 5.82 Å². The van der Waals surface area contributed by atoms with E-state index >= 15 is 0 Å². The molecule has 1 aromatic heterocycles. The molecular weight excluding hydrogens is 429 g/mol. The first-order chi connectivity index (χ1) is 16.4. The van der Waals surface area contributed by atoms with Crippen molar-refractivity contribution in [2.24, 2.45) is 0 Å². The Hall–Kier alpha value is -2.99. The zero-order valence-corrected chi connectivity index (χ0v) is 20.4. The fourth-order valence-electron chi connectivity index (χ4n) is 5.12. The monoisotopic (exact) mass is 463 g/mol. The Bertz CT molecular complexity index is 1160. The van der Waals surface area contributed by atoms with Crippen molar-refractivity contribution in [3.05, 3.63) is 70.7 Å². The van der Waals surface area contributed by atoms with Crippen LogP contribution in [0.1, 0.15) is 54.2 Å². The third kappa shape index (κ3) is 4.92. The molecule has 1 heterocycles. The molecule has 34 heavy (non-hydrogen) atoms. The van der Waals surface area contributed by atoms with Crippen LogP contribution in [0.4, 0.5) is 4.39 Å². The summed E-state index contributed by atoms with van der Waals surface area (Å²) in [6, 6.07) is 11.4. The zero-order valence-electron chi connectivity index (χ0n) is 20.4. The van der Waals surface area contributed by atoms with Crippen LogP contribution in [-0.4, -0.2) is 58.7 Å². The molecule has 6 heteroatoms. The Kier molecular flexibility index (Phi) is 7.47. The van der Waals surface area contributed by atoms with E-state index in [9.17, 15) is 14.0 Å². The van der Waals surface area contributed by atoms with E-state index in [1.165, 1.54) is 23.3 Å². The van der Waals surface area contributed by atoms with Crippen LogP contribution >= 0.6 is 0 Å². The number of nitrogens with zero attached hydrogens (tertiary/aromatic N) is 2. The van der Waals surface area contributed by atoms with Crippen LogP contribution in [0.15, 0.2) is 42.6 Å². The number of halogens is 1. The van der Waals surface area contributed by atoms with Crippen LogP contribution in [0.3, 0.4) is 0 Å². The molecule has 2 aromatic carbocycles. The molecule has 0 fully saturated rings. The van der Waals surface area contributed by atoms with Gasteiger partial charge in [0.15, 0.2) is 0 Å². The first-order valence-electron chi connectivity index (χ1n) is 12.4. The predicted molar refractivity (Wildman–Crippen MR) is 134 cm³/mol. The summed E-state index contributed by atoms with van der Waals surface area (Å²) in [6.45, 7) is 8.94. The smallest absolute Gasteiger partial charge is 0.295 e. The number of benzene rings is 2. The number of nitrogens with one attached hydrogen (secondary N) is 1. The maximum absolute atomic E-state index is 13.2. The third-order valence-electron chi connectivity index (χ3n) is 7.03. The molecule has 1 amide bonds. The van der Waals surface area contributed by atoms with Gasteiger partial charge >= 0.3 is 0 Å². The van der Waals surface area contributed by atoms with Crippen LogP contribution < -0.4 is 0 Å². The van der Waals surface area contributed by atoms with E-state index in [0.717, 1.165) is 55.2 Å². The molecule has 1 aliphatic rings. The van der Waals surface area contributed by atoms with Gasteiger partial charge in [0.25, 0.3) is 11.7 Å². The molecule has 0 spiro atoms. The minimum atomic E-state index is -0.448. The number of aromatic amines is 1. The molecular formula is C28H34FN3O2. The highest BCUT2D eigenvalue weighted by molar-refractivity contribution is 6.44. The predicted octanol–water partition coefficient (Wildman–Crippen LogP) is 4.78. The minimum Gasteiger partial charge on any atom is -0.360 e. The summed E-state index contributed by atoms with van der Waals surface area (Å²) in [5, 5.41) is 0.832. The molecule has 0 saturated heterocycles. The van der Waals surface area contributed by atoms with Gasteiger partial charge in [0, 0.05) is 42.8 Å². The van der Waals surface area contributed by atoms with Gasteiger partial charge in [-0.15, -0.1) is 0 Å². The Morgan fingerprint density at radius 2 is 1.68 bits per heavy atom. The van der Waals surface area contributed by atoms with Gasteiger partial charge in [0.05, 0.1) is 5.56 Å². The lowest BCUT2D eigenvalue weighted by atomic mass is 10.0. The van der Waals surface area contributed by atoms with Crippen molar-refractivity contribution in [1.82, 2.24) is 14.8 Å². The summed E-state index contributed by atoms with van der Waals surface area (Å²) in [4.78, 5) is 32.9. The lowest BCUT2D eigenvalue weighted by molar-refractivity contribution is -0.126. The summed E-state index contributed by atoms with van der Waals surface area (Å²) in [6.07, 6.45) is 5.53. The summed E-state index contributed by atoms with van der Waals surface area (Å²) in [5.41, 5.74) is 5.07. The topological polar surface area (TPSA) is 56.4 Å². The molecule has 180 valence electrons.